The highest BCUT2D eigenvalue weighted by Crippen LogP contribution is 2.30. The van der Waals surface area contributed by atoms with Crippen LogP contribution < -0.4 is 20.4 Å². The second-order valence-corrected chi connectivity index (χ2v) is 10.0. The van der Waals surface area contributed by atoms with Gasteiger partial charge in [0, 0.05) is 68.3 Å². The van der Waals surface area contributed by atoms with Crippen LogP contribution in [0.5, 0.6) is 0 Å². The zero-order chi connectivity index (χ0) is 24.3. The minimum atomic E-state index is 0.743. The molecule has 2 saturated heterocycles. The summed E-state index contributed by atoms with van der Waals surface area (Å²) in [6.45, 7) is 10.4. The molecular weight excluding hydrogens is 468 g/mol. The lowest BCUT2D eigenvalue weighted by molar-refractivity contribution is 0.589. The van der Waals surface area contributed by atoms with Gasteiger partial charge in [0.25, 0.3) is 0 Å². The molecule has 2 aliphatic heterocycles. The van der Waals surface area contributed by atoms with Gasteiger partial charge in [-0.3, -0.25) is 4.98 Å². The van der Waals surface area contributed by atoms with Crippen molar-refractivity contribution in [1.29, 1.82) is 0 Å². The van der Waals surface area contributed by atoms with E-state index in [4.69, 9.17) is 4.98 Å². The fraction of sp³-hybridized carbons (Fsp3) is 0.296. The molecule has 8 nitrogen and oxygen atoms in total. The van der Waals surface area contributed by atoms with Gasteiger partial charge in [0.15, 0.2) is 0 Å². The predicted octanol–water partition coefficient (Wildman–Crippen LogP) is 4.48. The number of nitrogens with zero attached hydrogens (tertiary/aromatic N) is 6. The number of aromatic nitrogens is 4. The lowest BCUT2D eigenvalue weighted by Crippen LogP contribution is -2.43. The summed E-state index contributed by atoms with van der Waals surface area (Å²) in [5, 5.41) is 14.3. The number of rotatable bonds is 7. The Morgan fingerprint density at radius 1 is 1.00 bits per heavy atom. The second-order valence-electron chi connectivity index (χ2n) is 9.17. The molecule has 0 amide bonds. The highest BCUT2D eigenvalue weighted by Gasteiger charge is 2.17. The molecule has 9 heteroatoms. The maximum Gasteiger partial charge on any atom is 0.210 e. The zero-order valence-corrected chi connectivity index (χ0v) is 21.0. The number of nitrogens with one attached hydrogen (secondary N) is 2. The van der Waals surface area contributed by atoms with Crippen molar-refractivity contribution in [3.63, 3.8) is 0 Å². The lowest BCUT2D eigenvalue weighted by Gasteiger charge is -2.31. The van der Waals surface area contributed by atoms with E-state index in [1.54, 1.807) is 11.3 Å². The fourth-order valence-electron chi connectivity index (χ4n) is 4.83. The van der Waals surface area contributed by atoms with Crippen molar-refractivity contribution in [2.75, 3.05) is 54.4 Å². The minimum Gasteiger partial charge on any atom is -0.372 e. The van der Waals surface area contributed by atoms with Crippen LogP contribution in [0.15, 0.2) is 67.1 Å². The van der Waals surface area contributed by atoms with Crippen LogP contribution in [-0.4, -0.2) is 59.0 Å². The molecular formula is C27H30N8S. The number of benzene rings is 1. The van der Waals surface area contributed by atoms with E-state index in [0.29, 0.717) is 0 Å². The molecule has 0 spiro atoms. The summed E-state index contributed by atoms with van der Waals surface area (Å²) in [4.78, 5) is 14.0. The summed E-state index contributed by atoms with van der Waals surface area (Å²) in [6.07, 6.45) is 10.2. The summed E-state index contributed by atoms with van der Waals surface area (Å²) >= 11 is 1.55. The molecule has 36 heavy (non-hydrogen) atoms. The first kappa shape index (κ1) is 22.8. The summed E-state index contributed by atoms with van der Waals surface area (Å²) in [5.74, 6) is 0. The molecule has 0 bridgehead atoms. The minimum absolute atomic E-state index is 0.743. The molecule has 0 unspecified atom stereocenters. The Morgan fingerprint density at radius 3 is 2.72 bits per heavy atom. The molecule has 184 valence electrons. The van der Waals surface area contributed by atoms with Crippen molar-refractivity contribution in [1.82, 2.24) is 25.1 Å². The Kier molecular flexibility index (Phi) is 6.40. The maximum absolute atomic E-state index is 4.81. The van der Waals surface area contributed by atoms with Crippen molar-refractivity contribution < 1.29 is 0 Å². The molecule has 5 heterocycles. The molecule has 1 aromatic carbocycles. The third kappa shape index (κ3) is 4.72. The first-order valence-electron chi connectivity index (χ1n) is 12.5. The fourth-order valence-corrected chi connectivity index (χ4v) is 5.60. The van der Waals surface area contributed by atoms with E-state index in [-0.39, 0.29) is 0 Å². The SMILES string of the molecule is C=C(Nc1cnccc1N1CCNCC1)c1csc(-n2cc(-c3cccc(N4CCCC4)c3)cn2)n1. The van der Waals surface area contributed by atoms with Crippen LogP contribution >= 0.6 is 11.3 Å². The number of pyridine rings is 1. The molecule has 0 atom stereocenters. The molecule has 6 rings (SSSR count). The number of hydrogen-bond donors (Lipinski definition) is 2. The quantitative estimate of drug-likeness (QED) is 0.389. The average Bonchev–Trinajstić information content (AvgIpc) is 3.71. The third-order valence-corrected chi connectivity index (χ3v) is 7.60. The standard InChI is InChI=1S/C27H30N8S/c1-20(31-24-17-29-8-7-26(24)34-13-9-28-10-14-34)25-19-36-27(32-25)35-18-22(16-30-35)21-5-4-6-23(15-21)33-11-2-3-12-33/h4-8,15-19,28,31H,1-3,9-14H2. The molecule has 0 aliphatic carbocycles. The van der Waals surface area contributed by atoms with Gasteiger partial charge >= 0.3 is 0 Å². The van der Waals surface area contributed by atoms with Crippen LogP contribution in [0.4, 0.5) is 17.1 Å². The van der Waals surface area contributed by atoms with Crippen molar-refractivity contribution in [2.45, 2.75) is 12.8 Å². The Labute approximate surface area is 215 Å². The molecule has 2 aliphatic rings. The van der Waals surface area contributed by atoms with Crippen LogP contribution in [0.25, 0.3) is 22.0 Å². The Bertz CT molecular complexity index is 1350. The predicted molar refractivity (Wildman–Crippen MR) is 148 cm³/mol. The number of piperazine rings is 1. The smallest absolute Gasteiger partial charge is 0.210 e. The van der Waals surface area contributed by atoms with Crippen molar-refractivity contribution in [3.8, 4) is 16.3 Å². The highest BCUT2D eigenvalue weighted by molar-refractivity contribution is 7.12. The first-order valence-corrected chi connectivity index (χ1v) is 13.3. The number of hydrogen-bond acceptors (Lipinski definition) is 8. The Morgan fingerprint density at radius 2 is 1.86 bits per heavy atom. The van der Waals surface area contributed by atoms with E-state index >= 15 is 0 Å². The number of thiazole rings is 1. The van der Waals surface area contributed by atoms with Crippen LogP contribution in [0.2, 0.25) is 0 Å². The molecule has 4 aromatic rings. The molecule has 3 aromatic heterocycles. The van der Waals surface area contributed by atoms with Gasteiger partial charge in [-0.2, -0.15) is 5.10 Å². The largest absolute Gasteiger partial charge is 0.372 e. The third-order valence-electron chi connectivity index (χ3n) is 6.77. The van der Waals surface area contributed by atoms with Crippen LogP contribution in [0.3, 0.4) is 0 Å². The van der Waals surface area contributed by atoms with Gasteiger partial charge in [0.1, 0.15) is 0 Å². The average molecular weight is 499 g/mol. The highest BCUT2D eigenvalue weighted by atomic mass is 32.1. The van der Waals surface area contributed by atoms with Crippen LogP contribution in [-0.2, 0) is 0 Å². The Balaban J connectivity index is 1.18. The van der Waals surface area contributed by atoms with Crippen molar-refractivity contribution >= 4 is 34.1 Å². The van der Waals surface area contributed by atoms with Gasteiger partial charge in [-0.1, -0.05) is 18.7 Å². The van der Waals surface area contributed by atoms with E-state index in [2.05, 4.69) is 67.4 Å². The van der Waals surface area contributed by atoms with Gasteiger partial charge in [0.05, 0.1) is 35.2 Å². The van der Waals surface area contributed by atoms with Gasteiger partial charge < -0.3 is 20.4 Å². The topological polar surface area (TPSA) is 74.1 Å². The first-order chi connectivity index (χ1) is 17.7. The molecule has 0 saturated carbocycles. The van der Waals surface area contributed by atoms with Gasteiger partial charge in [-0.05, 0) is 36.6 Å². The molecule has 2 N–H and O–H groups in total. The summed E-state index contributed by atoms with van der Waals surface area (Å²) < 4.78 is 1.84. The lowest BCUT2D eigenvalue weighted by atomic mass is 10.1. The maximum atomic E-state index is 4.81. The van der Waals surface area contributed by atoms with E-state index in [0.717, 1.165) is 72.7 Å². The Hall–Kier alpha value is -3.69. The van der Waals surface area contributed by atoms with Crippen LogP contribution in [0, 0.1) is 0 Å². The van der Waals surface area contributed by atoms with Crippen molar-refractivity contribution in [3.05, 3.63) is 72.8 Å². The zero-order valence-electron chi connectivity index (χ0n) is 20.2. The van der Waals surface area contributed by atoms with Gasteiger partial charge in [0.2, 0.25) is 5.13 Å². The van der Waals surface area contributed by atoms with E-state index in [1.807, 2.05) is 34.8 Å². The van der Waals surface area contributed by atoms with Gasteiger partial charge in [-0.25, -0.2) is 9.67 Å². The summed E-state index contributed by atoms with van der Waals surface area (Å²) in [5.41, 5.74) is 7.17. The summed E-state index contributed by atoms with van der Waals surface area (Å²) in [6, 6.07) is 10.8. The van der Waals surface area contributed by atoms with Crippen LogP contribution in [0.1, 0.15) is 18.5 Å². The monoisotopic (exact) mass is 498 g/mol. The molecule has 2 fully saturated rings. The van der Waals surface area contributed by atoms with E-state index in [1.165, 1.54) is 24.1 Å². The van der Waals surface area contributed by atoms with E-state index in [9.17, 15) is 0 Å². The normalized spacial score (nSPS) is 15.9. The van der Waals surface area contributed by atoms with Gasteiger partial charge in [-0.15, -0.1) is 11.3 Å². The molecule has 0 radical (unpaired) electrons. The summed E-state index contributed by atoms with van der Waals surface area (Å²) in [7, 11) is 0. The van der Waals surface area contributed by atoms with E-state index < -0.39 is 0 Å². The number of anilines is 3. The second kappa shape index (κ2) is 10.1. The van der Waals surface area contributed by atoms with Crippen molar-refractivity contribution in [2.24, 2.45) is 0 Å².